The van der Waals surface area contributed by atoms with Crippen molar-refractivity contribution in [2.45, 2.75) is 45.7 Å². The van der Waals surface area contributed by atoms with E-state index < -0.39 is 0 Å². The lowest BCUT2D eigenvalue weighted by Gasteiger charge is -2.33. The highest BCUT2D eigenvalue weighted by atomic mass is 35.5. The van der Waals surface area contributed by atoms with E-state index in [1.54, 1.807) is 7.11 Å². The minimum Gasteiger partial charge on any atom is -0.496 e. The van der Waals surface area contributed by atoms with Gasteiger partial charge in [-0.1, -0.05) is 54.4 Å². The van der Waals surface area contributed by atoms with Crippen molar-refractivity contribution in [1.82, 2.24) is 9.88 Å². The molecule has 4 rings (SSSR count). The number of rotatable bonds is 6. The second-order valence-corrected chi connectivity index (χ2v) is 8.98. The smallest absolute Gasteiger partial charge is 0.124 e. The molecule has 4 heteroatoms. The summed E-state index contributed by atoms with van der Waals surface area (Å²) in [6.45, 7) is 6.42. The molecular formula is C28H31ClN2O. The SMILES string of the molecule is COc1cc(/C=C/c2nccc(-c3ccccc3)c2C)c(Cl)cc1CN1CCCC[C@H]1C. The maximum absolute atomic E-state index is 6.70. The van der Waals surface area contributed by atoms with Crippen LogP contribution in [0.2, 0.25) is 5.02 Å². The quantitative estimate of drug-likeness (QED) is 0.398. The molecule has 1 atom stereocenters. The van der Waals surface area contributed by atoms with Gasteiger partial charge in [0, 0.05) is 29.4 Å². The van der Waals surface area contributed by atoms with Crippen LogP contribution < -0.4 is 4.74 Å². The molecular weight excluding hydrogens is 416 g/mol. The Kier molecular flexibility index (Phi) is 7.29. The van der Waals surface area contributed by atoms with Crippen molar-refractivity contribution >= 4 is 23.8 Å². The van der Waals surface area contributed by atoms with Crippen LogP contribution in [-0.2, 0) is 6.54 Å². The lowest BCUT2D eigenvalue weighted by atomic mass is 9.99. The lowest BCUT2D eigenvalue weighted by molar-refractivity contribution is 0.151. The van der Waals surface area contributed by atoms with Gasteiger partial charge in [0.25, 0.3) is 0 Å². The van der Waals surface area contributed by atoms with Crippen LogP contribution in [0.4, 0.5) is 0 Å². The molecule has 2 aromatic carbocycles. The van der Waals surface area contributed by atoms with Gasteiger partial charge in [-0.2, -0.15) is 0 Å². The Morgan fingerprint density at radius 1 is 1.12 bits per heavy atom. The maximum Gasteiger partial charge on any atom is 0.124 e. The normalized spacial score (nSPS) is 17.1. The lowest BCUT2D eigenvalue weighted by Crippen LogP contribution is -2.36. The van der Waals surface area contributed by atoms with Gasteiger partial charge in [-0.3, -0.25) is 9.88 Å². The number of aromatic nitrogens is 1. The molecule has 0 amide bonds. The Labute approximate surface area is 196 Å². The van der Waals surface area contributed by atoms with Gasteiger partial charge in [0.05, 0.1) is 12.8 Å². The van der Waals surface area contributed by atoms with E-state index in [4.69, 9.17) is 16.3 Å². The molecule has 166 valence electrons. The van der Waals surface area contributed by atoms with Crippen molar-refractivity contribution in [3.8, 4) is 16.9 Å². The fraction of sp³-hybridized carbons (Fsp3) is 0.321. The number of methoxy groups -OCH3 is 1. The molecule has 0 unspecified atom stereocenters. The third-order valence-corrected chi connectivity index (χ3v) is 6.79. The van der Waals surface area contributed by atoms with E-state index in [2.05, 4.69) is 60.1 Å². The molecule has 0 spiro atoms. The number of nitrogens with zero attached hydrogens (tertiary/aromatic N) is 2. The number of ether oxygens (including phenoxy) is 1. The summed E-state index contributed by atoms with van der Waals surface area (Å²) < 4.78 is 5.74. The minimum absolute atomic E-state index is 0.595. The summed E-state index contributed by atoms with van der Waals surface area (Å²) in [5.41, 5.74) is 6.54. The summed E-state index contributed by atoms with van der Waals surface area (Å²) >= 11 is 6.70. The summed E-state index contributed by atoms with van der Waals surface area (Å²) in [5.74, 6) is 0.884. The fourth-order valence-corrected chi connectivity index (χ4v) is 4.73. The number of halogens is 1. The number of piperidine rings is 1. The summed E-state index contributed by atoms with van der Waals surface area (Å²) in [7, 11) is 1.73. The molecule has 1 fully saturated rings. The zero-order valence-corrected chi connectivity index (χ0v) is 19.9. The number of hydrogen-bond acceptors (Lipinski definition) is 3. The van der Waals surface area contributed by atoms with Gasteiger partial charge < -0.3 is 4.74 Å². The van der Waals surface area contributed by atoms with Crippen molar-refractivity contribution < 1.29 is 4.74 Å². The highest BCUT2D eigenvalue weighted by Crippen LogP contribution is 2.32. The van der Waals surface area contributed by atoms with E-state index in [0.29, 0.717) is 6.04 Å². The van der Waals surface area contributed by atoms with Crippen LogP contribution in [0.5, 0.6) is 5.75 Å². The fourth-order valence-electron chi connectivity index (χ4n) is 4.48. The van der Waals surface area contributed by atoms with Crippen molar-refractivity contribution in [3.05, 3.63) is 82.1 Å². The standard InChI is InChI=1S/C28H31ClN2O/c1-20-9-7-8-16-31(20)19-24-17-26(29)23(18-28(24)32-3)12-13-27-21(2)25(14-15-30-27)22-10-5-4-6-11-22/h4-6,10-15,17-18,20H,7-9,16,19H2,1-3H3/b13-12+/t20-/m1/s1. The van der Waals surface area contributed by atoms with E-state index in [0.717, 1.165) is 46.2 Å². The third kappa shape index (κ3) is 5.06. The Hall–Kier alpha value is -2.62. The van der Waals surface area contributed by atoms with Crippen molar-refractivity contribution in [2.24, 2.45) is 0 Å². The maximum atomic E-state index is 6.70. The molecule has 32 heavy (non-hydrogen) atoms. The molecule has 1 aliphatic rings. The zero-order chi connectivity index (χ0) is 22.5. The first kappa shape index (κ1) is 22.6. The molecule has 0 radical (unpaired) electrons. The van der Waals surface area contributed by atoms with Crippen molar-refractivity contribution in [3.63, 3.8) is 0 Å². The van der Waals surface area contributed by atoms with Gasteiger partial charge in [0.1, 0.15) is 5.75 Å². The molecule has 0 saturated carbocycles. The molecule has 0 N–H and O–H groups in total. The van der Waals surface area contributed by atoms with Crippen LogP contribution >= 0.6 is 11.6 Å². The highest BCUT2D eigenvalue weighted by molar-refractivity contribution is 6.32. The van der Waals surface area contributed by atoms with E-state index in [1.807, 2.05) is 30.5 Å². The number of hydrogen-bond donors (Lipinski definition) is 0. The van der Waals surface area contributed by atoms with Gasteiger partial charge in [0.2, 0.25) is 0 Å². The van der Waals surface area contributed by atoms with E-state index >= 15 is 0 Å². The second-order valence-electron chi connectivity index (χ2n) is 8.57. The number of likely N-dealkylation sites (tertiary alicyclic amines) is 1. The number of pyridine rings is 1. The summed E-state index contributed by atoms with van der Waals surface area (Å²) in [6, 6.07) is 17.2. The van der Waals surface area contributed by atoms with E-state index in [1.165, 1.54) is 30.4 Å². The molecule has 2 heterocycles. The molecule has 0 aliphatic carbocycles. The molecule has 3 nitrogen and oxygen atoms in total. The second kappa shape index (κ2) is 10.3. The van der Waals surface area contributed by atoms with Crippen molar-refractivity contribution in [2.75, 3.05) is 13.7 Å². The average molecular weight is 447 g/mol. The van der Waals surface area contributed by atoms with Gasteiger partial charge >= 0.3 is 0 Å². The van der Waals surface area contributed by atoms with Crippen LogP contribution in [0, 0.1) is 6.92 Å². The Balaban J connectivity index is 1.59. The predicted octanol–water partition coefficient (Wildman–Crippen LogP) is 7.26. The first-order chi connectivity index (χ1) is 15.6. The number of benzene rings is 2. The van der Waals surface area contributed by atoms with Crippen LogP contribution in [0.3, 0.4) is 0 Å². The summed E-state index contributed by atoms with van der Waals surface area (Å²) in [6.07, 6.45) is 9.76. The largest absolute Gasteiger partial charge is 0.496 e. The summed E-state index contributed by atoms with van der Waals surface area (Å²) in [4.78, 5) is 7.11. The molecule has 1 aromatic heterocycles. The Bertz CT molecular complexity index is 1090. The zero-order valence-electron chi connectivity index (χ0n) is 19.1. The monoisotopic (exact) mass is 446 g/mol. The third-order valence-electron chi connectivity index (χ3n) is 6.46. The Morgan fingerprint density at radius 3 is 2.69 bits per heavy atom. The molecule has 0 bridgehead atoms. The summed E-state index contributed by atoms with van der Waals surface area (Å²) in [5, 5.41) is 0.735. The van der Waals surface area contributed by atoms with Crippen LogP contribution in [0.1, 0.15) is 48.6 Å². The van der Waals surface area contributed by atoms with E-state index in [9.17, 15) is 0 Å². The van der Waals surface area contributed by atoms with Crippen molar-refractivity contribution in [1.29, 1.82) is 0 Å². The van der Waals surface area contributed by atoms with Gasteiger partial charge in [-0.25, -0.2) is 0 Å². The predicted molar refractivity (Wildman–Crippen MR) is 135 cm³/mol. The van der Waals surface area contributed by atoms with Crippen LogP contribution in [-0.4, -0.2) is 29.6 Å². The minimum atomic E-state index is 0.595. The first-order valence-electron chi connectivity index (χ1n) is 11.4. The highest BCUT2D eigenvalue weighted by Gasteiger charge is 2.20. The van der Waals surface area contributed by atoms with Gasteiger partial charge in [0.15, 0.2) is 0 Å². The molecule has 3 aromatic rings. The van der Waals surface area contributed by atoms with Crippen LogP contribution in [0.15, 0.2) is 54.7 Å². The molecule has 1 aliphatic heterocycles. The Morgan fingerprint density at radius 2 is 1.94 bits per heavy atom. The van der Waals surface area contributed by atoms with Gasteiger partial charge in [-0.15, -0.1) is 0 Å². The average Bonchev–Trinajstić information content (AvgIpc) is 2.81. The molecule has 1 saturated heterocycles. The van der Waals surface area contributed by atoms with Gasteiger partial charge in [-0.05, 0) is 79.8 Å². The topological polar surface area (TPSA) is 25.4 Å². The van der Waals surface area contributed by atoms with E-state index in [-0.39, 0.29) is 0 Å². The van der Waals surface area contributed by atoms with Crippen LogP contribution in [0.25, 0.3) is 23.3 Å². The first-order valence-corrected chi connectivity index (χ1v) is 11.7.